The molecule has 0 saturated carbocycles. The number of likely N-dealkylation sites (N-methyl/N-ethyl adjacent to an activating group) is 1. The van der Waals surface area contributed by atoms with Gasteiger partial charge in [0.25, 0.3) is 10.0 Å². The van der Waals surface area contributed by atoms with Crippen molar-refractivity contribution in [3.05, 3.63) is 48.0 Å². The van der Waals surface area contributed by atoms with Crippen LogP contribution in [0, 0.1) is 0 Å². The number of fused-ring (bicyclic) bond motifs is 1. The molecular weight excluding hydrogens is 328 g/mol. The number of carbonyl (C=O) groups excluding carboxylic acids is 1. The summed E-state index contributed by atoms with van der Waals surface area (Å²) in [5.41, 5.74) is 1.66. The molecule has 0 bridgehead atoms. The highest BCUT2D eigenvalue weighted by Crippen LogP contribution is 2.33. The highest BCUT2D eigenvalue weighted by atomic mass is 32.2. The van der Waals surface area contributed by atoms with Crippen molar-refractivity contribution in [2.75, 3.05) is 29.8 Å². The van der Waals surface area contributed by atoms with Crippen molar-refractivity contribution in [3.8, 4) is 5.75 Å². The van der Waals surface area contributed by atoms with E-state index in [1.807, 2.05) is 11.9 Å². The average molecular weight is 346 g/mol. The molecule has 0 aromatic heterocycles. The molecule has 0 amide bonds. The lowest BCUT2D eigenvalue weighted by atomic mass is 10.1. The highest BCUT2D eigenvalue weighted by molar-refractivity contribution is 7.92. The number of nitrogens with zero attached hydrogens (tertiary/aromatic N) is 1. The Hall–Kier alpha value is -2.54. The number of sulfonamides is 1. The van der Waals surface area contributed by atoms with Crippen molar-refractivity contribution < 1.29 is 17.9 Å². The zero-order chi connectivity index (χ0) is 17.3. The molecule has 6 nitrogen and oxygen atoms in total. The Balaban J connectivity index is 1.91. The smallest absolute Gasteiger partial charge is 0.262 e. The Morgan fingerprint density at radius 2 is 2.00 bits per heavy atom. The third-order valence-corrected chi connectivity index (χ3v) is 5.24. The van der Waals surface area contributed by atoms with Crippen LogP contribution in [0.15, 0.2) is 47.4 Å². The summed E-state index contributed by atoms with van der Waals surface area (Å²) in [5, 5.41) is 0. The van der Waals surface area contributed by atoms with E-state index in [9.17, 15) is 13.2 Å². The first-order valence-electron chi connectivity index (χ1n) is 7.48. The van der Waals surface area contributed by atoms with Gasteiger partial charge in [-0.1, -0.05) is 12.1 Å². The van der Waals surface area contributed by atoms with E-state index in [1.54, 1.807) is 30.3 Å². The number of hydrogen-bond acceptors (Lipinski definition) is 5. The van der Waals surface area contributed by atoms with E-state index < -0.39 is 10.0 Å². The minimum absolute atomic E-state index is 0.116. The molecule has 0 aliphatic carbocycles. The molecule has 0 unspecified atom stereocenters. The van der Waals surface area contributed by atoms with Crippen LogP contribution in [0.2, 0.25) is 0 Å². The molecule has 2 aromatic carbocycles. The first-order chi connectivity index (χ1) is 11.4. The summed E-state index contributed by atoms with van der Waals surface area (Å²) in [5.74, 6) is 0.422. The molecule has 0 saturated heterocycles. The maximum atomic E-state index is 12.6. The molecule has 24 heavy (non-hydrogen) atoms. The maximum Gasteiger partial charge on any atom is 0.262 e. The van der Waals surface area contributed by atoms with Gasteiger partial charge in [-0.25, -0.2) is 8.42 Å². The number of carbonyl (C=O) groups is 1. The van der Waals surface area contributed by atoms with Crippen molar-refractivity contribution >= 4 is 27.2 Å². The fourth-order valence-corrected chi connectivity index (χ4v) is 3.59. The molecule has 2 aromatic rings. The van der Waals surface area contributed by atoms with E-state index in [2.05, 4.69) is 4.72 Å². The Morgan fingerprint density at radius 1 is 1.21 bits per heavy atom. The van der Waals surface area contributed by atoms with Crippen LogP contribution in [-0.2, 0) is 10.0 Å². The van der Waals surface area contributed by atoms with Gasteiger partial charge in [0.15, 0.2) is 5.78 Å². The molecule has 0 radical (unpaired) electrons. The number of Topliss-reactive ketones (excluding diaryl/α,β-unsaturated/α-hetero) is 1. The monoisotopic (exact) mass is 346 g/mol. The van der Waals surface area contributed by atoms with Crippen LogP contribution in [-0.4, -0.2) is 34.4 Å². The van der Waals surface area contributed by atoms with Crippen molar-refractivity contribution in [2.24, 2.45) is 0 Å². The van der Waals surface area contributed by atoms with E-state index >= 15 is 0 Å². The van der Waals surface area contributed by atoms with Crippen LogP contribution in [0.3, 0.4) is 0 Å². The lowest BCUT2D eigenvalue weighted by Crippen LogP contribution is -2.29. The molecule has 0 spiro atoms. The number of nitrogens with one attached hydrogen (secondary N) is 1. The molecule has 0 fully saturated rings. The fraction of sp³-hybridized carbons (Fsp3) is 0.235. The second-order valence-electron chi connectivity index (χ2n) is 5.64. The molecule has 1 aliphatic heterocycles. The van der Waals surface area contributed by atoms with Gasteiger partial charge in [0, 0.05) is 24.4 Å². The van der Waals surface area contributed by atoms with Gasteiger partial charge in [-0.3, -0.25) is 9.52 Å². The largest absolute Gasteiger partial charge is 0.490 e. The second kappa shape index (κ2) is 6.16. The maximum absolute atomic E-state index is 12.6. The summed E-state index contributed by atoms with van der Waals surface area (Å²) in [4.78, 5) is 13.6. The molecular formula is C17H18N2O4S. The first-order valence-corrected chi connectivity index (χ1v) is 8.97. The summed E-state index contributed by atoms with van der Waals surface area (Å²) in [7, 11) is -1.83. The Bertz CT molecular complexity index is 893. The first kappa shape index (κ1) is 16.3. The van der Waals surface area contributed by atoms with E-state index in [1.165, 1.54) is 19.1 Å². The van der Waals surface area contributed by atoms with Gasteiger partial charge in [0.05, 0.1) is 17.1 Å². The molecule has 7 heteroatoms. The fourth-order valence-electron chi connectivity index (χ4n) is 2.52. The van der Waals surface area contributed by atoms with Gasteiger partial charge in [0.2, 0.25) is 0 Å². The lowest BCUT2D eigenvalue weighted by molar-refractivity contribution is 0.101. The highest BCUT2D eigenvalue weighted by Gasteiger charge is 2.20. The Labute approximate surface area is 141 Å². The molecule has 1 heterocycles. The topological polar surface area (TPSA) is 75.7 Å². The van der Waals surface area contributed by atoms with Gasteiger partial charge in [-0.15, -0.1) is 0 Å². The minimum atomic E-state index is -3.77. The quantitative estimate of drug-likeness (QED) is 0.861. The number of rotatable bonds is 4. The van der Waals surface area contributed by atoms with Crippen molar-refractivity contribution in [1.82, 2.24) is 0 Å². The Kier molecular flexibility index (Phi) is 4.19. The van der Waals surface area contributed by atoms with Gasteiger partial charge in [0.1, 0.15) is 12.4 Å². The number of ether oxygens (including phenoxy) is 1. The summed E-state index contributed by atoms with van der Waals surface area (Å²) < 4.78 is 33.2. The van der Waals surface area contributed by atoms with E-state index in [0.717, 1.165) is 12.2 Å². The zero-order valence-electron chi connectivity index (χ0n) is 13.4. The van der Waals surface area contributed by atoms with Crippen molar-refractivity contribution in [3.63, 3.8) is 0 Å². The van der Waals surface area contributed by atoms with Crippen LogP contribution < -0.4 is 14.4 Å². The predicted molar refractivity (Wildman–Crippen MR) is 92.5 cm³/mol. The molecule has 3 rings (SSSR count). The van der Waals surface area contributed by atoms with Crippen molar-refractivity contribution in [1.29, 1.82) is 0 Å². The second-order valence-corrected chi connectivity index (χ2v) is 7.32. The SMILES string of the molecule is CC(=O)c1cccc(NS(=O)(=O)c2ccc3c(c2)OCCN3C)c1. The van der Waals surface area contributed by atoms with Gasteiger partial charge >= 0.3 is 0 Å². The molecule has 1 N–H and O–H groups in total. The van der Waals surface area contributed by atoms with Gasteiger partial charge < -0.3 is 9.64 Å². The molecule has 126 valence electrons. The third-order valence-electron chi connectivity index (χ3n) is 3.86. The predicted octanol–water partition coefficient (Wildman–Crippen LogP) is 2.52. The normalized spacial score (nSPS) is 13.8. The third kappa shape index (κ3) is 3.21. The van der Waals surface area contributed by atoms with Crippen LogP contribution in [0.4, 0.5) is 11.4 Å². The summed E-state index contributed by atoms with van der Waals surface area (Å²) in [6.07, 6.45) is 0. The average Bonchev–Trinajstić information content (AvgIpc) is 2.54. The summed E-state index contributed by atoms with van der Waals surface area (Å²) in [6.45, 7) is 2.71. The van der Waals surface area contributed by atoms with Crippen LogP contribution in [0.25, 0.3) is 0 Å². The molecule has 1 aliphatic rings. The standard InChI is InChI=1S/C17H18N2O4S/c1-12(20)13-4-3-5-14(10-13)18-24(21,22)15-6-7-16-17(11-15)23-9-8-19(16)2/h3-7,10-11,18H,8-9H2,1-2H3. The van der Waals surface area contributed by atoms with Gasteiger partial charge in [-0.05, 0) is 31.2 Å². The minimum Gasteiger partial charge on any atom is -0.490 e. The number of hydrogen-bond donors (Lipinski definition) is 1. The summed E-state index contributed by atoms with van der Waals surface area (Å²) in [6, 6.07) is 11.2. The summed E-state index contributed by atoms with van der Waals surface area (Å²) >= 11 is 0. The zero-order valence-corrected chi connectivity index (χ0v) is 14.3. The number of ketones is 1. The van der Waals surface area contributed by atoms with Crippen LogP contribution >= 0.6 is 0 Å². The van der Waals surface area contributed by atoms with Crippen LogP contribution in [0.5, 0.6) is 5.75 Å². The van der Waals surface area contributed by atoms with E-state index in [-0.39, 0.29) is 10.7 Å². The lowest BCUT2D eigenvalue weighted by Gasteiger charge is -2.27. The number of benzene rings is 2. The van der Waals surface area contributed by atoms with E-state index in [0.29, 0.717) is 23.6 Å². The van der Waals surface area contributed by atoms with E-state index in [4.69, 9.17) is 4.74 Å². The number of anilines is 2. The molecule has 0 atom stereocenters. The van der Waals surface area contributed by atoms with Crippen LogP contribution in [0.1, 0.15) is 17.3 Å². The Morgan fingerprint density at radius 3 is 2.75 bits per heavy atom. The van der Waals surface area contributed by atoms with Gasteiger partial charge in [-0.2, -0.15) is 0 Å². The van der Waals surface area contributed by atoms with Crippen molar-refractivity contribution in [2.45, 2.75) is 11.8 Å².